The van der Waals surface area contributed by atoms with Crippen LogP contribution in [0.15, 0.2) is 115 Å². The first-order chi connectivity index (χ1) is 24.1. The average molecular weight is 658 g/mol. The number of anilines is 1. The summed E-state index contributed by atoms with van der Waals surface area (Å²) in [5, 5.41) is 3.01. The number of carbonyl (C=O) groups excluding carboxylic acids is 1. The summed E-state index contributed by atoms with van der Waals surface area (Å²) in [6, 6.07) is 40.9. The molecule has 2 aliphatic rings. The molecule has 0 unspecified atom stereocenters. The number of nitrogens with one attached hydrogen (secondary N) is 1. The maximum atomic E-state index is 13.0. The minimum atomic E-state index is -0.432. The SMILES string of the molecule is CC1(OC(=O)Nc2ccccc2-c2ccccc2)CCN(CCCCCCCCN2CCC[C@H]2C(c2ccccc2)c2ccccc2)CC1. The summed E-state index contributed by atoms with van der Waals surface area (Å²) < 4.78 is 6.02. The first-order valence-electron chi connectivity index (χ1n) is 18.8. The molecule has 0 bridgehead atoms. The number of unbranched alkanes of at least 4 members (excludes halogenated alkanes) is 5. The Kier molecular flexibility index (Phi) is 12.6. The zero-order valence-electron chi connectivity index (χ0n) is 29.4. The number of ether oxygens (including phenoxy) is 1. The van der Waals surface area contributed by atoms with Gasteiger partial charge >= 0.3 is 6.09 Å². The highest BCUT2D eigenvalue weighted by Crippen LogP contribution is 2.37. The molecule has 1 N–H and O–H groups in total. The number of para-hydroxylation sites is 1. The highest BCUT2D eigenvalue weighted by Gasteiger charge is 2.34. The molecule has 5 nitrogen and oxygen atoms in total. The predicted octanol–water partition coefficient (Wildman–Crippen LogP) is 10.4. The third-order valence-electron chi connectivity index (χ3n) is 10.8. The number of nitrogens with zero attached hydrogens (tertiary/aromatic N) is 2. The van der Waals surface area contributed by atoms with E-state index in [4.69, 9.17) is 4.74 Å². The smallest absolute Gasteiger partial charge is 0.412 e. The van der Waals surface area contributed by atoms with E-state index in [-0.39, 0.29) is 6.09 Å². The van der Waals surface area contributed by atoms with Gasteiger partial charge in [0.25, 0.3) is 0 Å². The summed E-state index contributed by atoms with van der Waals surface area (Å²) in [5.41, 5.74) is 5.31. The molecule has 258 valence electrons. The largest absolute Gasteiger partial charge is 0.443 e. The lowest BCUT2D eigenvalue weighted by atomic mass is 9.84. The highest BCUT2D eigenvalue weighted by molar-refractivity contribution is 5.91. The molecule has 5 heteroatoms. The van der Waals surface area contributed by atoms with Crippen molar-refractivity contribution in [2.45, 2.75) is 88.7 Å². The maximum Gasteiger partial charge on any atom is 0.412 e. The van der Waals surface area contributed by atoms with Crippen LogP contribution in [0, 0.1) is 0 Å². The van der Waals surface area contributed by atoms with Gasteiger partial charge in [-0.3, -0.25) is 10.2 Å². The highest BCUT2D eigenvalue weighted by atomic mass is 16.6. The molecule has 0 aromatic heterocycles. The lowest BCUT2D eigenvalue weighted by molar-refractivity contribution is -0.0163. The Bertz CT molecular complexity index is 1510. The van der Waals surface area contributed by atoms with Crippen molar-refractivity contribution in [1.29, 1.82) is 0 Å². The predicted molar refractivity (Wildman–Crippen MR) is 203 cm³/mol. The van der Waals surface area contributed by atoms with E-state index in [0.717, 1.165) is 49.3 Å². The van der Waals surface area contributed by atoms with Crippen LogP contribution in [0.3, 0.4) is 0 Å². The third-order valence-corrected chi connectivity index (χ3v) is 10.8. The number of piperidine rings is 1. The number of amides is 1. The van der Waals surface area contributed by atoms with Crippen LogP contribution >= 0.6 is 0 Å². The van der Waals surface area contributed by atoms with Crippen LogP contribution in [0.1, 0.15) is 88.2 Å². The monoisotopic (exact) mass is 657 g/mol. The van der Waals surface area contributed by atoms with Crippen LogP contribution in [-0.4, -0.2) is 60.3 Å². The maximum absolute atomic E-state index is 13.0. The van der Waals surface area contributed by atoms with Gasteiger partial charge in [-0.1, -0.05) is 135 Å². The first kappa shape index (κ1) is 34.9. The molecular weight excluding hydrogens is 603 g/mol. The fourth-order valence-electron chi connectivity index (χ4n) is 7.99. The molecule has 4 aromatic rings. The van der Waals surface area contributed by atoms with Gasteiger partial charge in [-0.25, -0.2) is 4.79 Å². The second-order valence-electron chi connectivity index (χ2n) is 14.4. The van der Waals surface area contributed by atoms with E-state index in [2.05, 4.69) is 94.8 Å². The standard InChI is InChI=1S/C44H55N3O2/c1-44(49-43(48)45-40-27-16-15-26-39(40)36-20-9-6-10-21-36)29-34-46(35-30-44)31-17-4-2-3-5-18-32-47-33-19-28-41(47)42(37-22-11-7-12-23-37)38-24-13-8-14-25-38/h6-16,20-27,41-42H,2-5,17-19,28-35H2,1H3,(H,45,48)/t41-/m0/s1. The van der Waals surface area contributed by atoms with Crippen LogP contribution in [0.4, 0.5) is 10.5 Å². The second-order valence-corrected chi connectivity index (χ2v) is 14.4. The van der Waals surface area contributed by atoms with Crippen LogP contribution < -0.4 is 5.32 Å². The van der Waals surface area contributed by atoms with E-state index >= 15 is 0 Å². The molecule has 1 amide bonds. The molecule has 0 aliphatic carbocycles. The van der Waals surface area contributed by atoms with Crippen molar-refractivity contribution in [1.82, 2.24) is 9.80 Å². The second kappa shape index (κ2) is 17.6. The number of likely N-dealkylation sites (tertiary alicyclic amines) is 2. The van der Waals surface area contributed by atoms with Gasteiger partial charge in [-0.15, -0.1) is 0 Å². The molecule has 2 aliphatic heterocycles. The Labute approximate surface area is 294 Å². The summed E-state index contributed by atoms with van der Waals surface area (Å²) in [6.07, 6.45) is 11.8. The summed E-state index contributed by atoms with van der Waals surface area (Å²) in [7, 11) is 0. The van der Waals surface area contributed by atoms with E-state index in [9.17, 15) is 4.79 Å². The fourth-order valence-corrected chi connectivity index (χ4v) is 7.99. The van der Waals surface area contributed by atoms with Gasteiger partial charge in [0, 0.05) is 30.6 Å². The molecule has 49 heavy (non-hydrogen) atoms. The van der Waals surface area contributed by atoms with Gasteiger partial charge in [0.1, 0.15) is 5.60 Å². The number of hydrogen-bond acceptors (Lipinski definition) is 4. The molecule has 2 saturated heterocycles. The van der Waals surface area contributed by atoms with E-state index in [1.807, 2.05) is 42.5 Å². The van der Waals surface area contributed by atoms with Crippen molar-refractivity contribution >= 4 is 11.8 Å². The number of hydrogen-bond donors (Lipinski definition) is 1. The zero-order chi connectivity index (χ0) is 33.7. The Morgan fingerprint density at radius 3 is 1.92 bits per heavy atom. The molecule has 6 rings (SSSR count). The van der Waals surface area contributed by atoms with Gasteiger partial charge in [-0.05, 0) is 87.8 Å². The fraction of sp³-hybridized carbons (Fsp3) is 0.432. The van der Waals surface area contributed by atoms with Gasteiger partial charge in [0.05, 0.1) is 5.69 Å². The van der Waals surface area contributed by atoms with Gasteiger partial charge in [0.15, 0.2) is 0 Å². The van der Waals surface area contributed by atoms with Crippen molar-refractivity contribution in [3.63, 3.8) is 0 Å². The van der Waals surface area contributed by atoms with E-state index in [1.165, 1.54) is 75.6 Å². The number of rotatable bonds is 15. The lowest BCUT2D eigenvalue weighted by Crippen LogP contribution is -2.46. The summed E-state index contributed by atoms with van der Waals surface area (Å²) in [6.45, 7) is 7.63. The molecule has 0 spiro atoms. The minimum absolute atomic E-state index is 0.369. The molecule has 1 atom stereocenters. The van der Waals surface area contributed by atoms with E-state index in [0.29, 0.717) is 12.0 Å². The number of benzene rings is 4. The van der Waals surface area contributed by atoms with Crippen molar-refractivity contribution < 1.29 is 9.53 Å². The Morgan fingerprint density at radius 2 is 1.27 bits per heavy atom. The summed E-state index contributed by atoms with van der Waals surface area (Å²) in [4.78, 5) is 18.3. The first-order valence-corrected chi connectivity index (χ1v) is 18.8. The van der Waals surface area contributed by atoms with Gasteiger partial charge in [-0.2, -0.15) is 0 Å². The average Bonchev–Trinajstić information content (AvgIpc) is 3.59. The third kappa shape index (κ3) is 9.83. The quantitative estimate of drug-likeness (QED) is 0.129. The topological polar surface area (TPSA) is 44.8 Å². The van der Waals surface area contributed by atoms with Crippen LogP contribution in [-0.2, 0) is 4.74 Å². The van der Waals surface area contributed by atoms with E-state index in [1.54, 1.807) is 0 Å². The lowest BCUT2D eigenvalue weighted by Gasteiger charge is -2.38. The van der Waals surface area contributed by atoms with Crippen molar-refractivity contribution in [2.24, 2.45) is 0 Å². The summed E-state index contributed by atoms with van der Waals surface area (Å²) in [5.74, 6) is 0.448. The normalized spacial score (nSPS) is 18.0. The van der Waals surface area contributed by atoms with Crippen LogP contribution in [0.5, 0.6) is 0 Å². The van der Waals surface area contributed by atoms with Gasteiger partial charge in [0.2, 0.25) is 0 Å². The van der Waals surface area contributed by atoms with Gasteiger partial charge < -0.3 is 9.64 Å². The van der Waals surface area contributed by atoms with Crippen molar-refractivity contribution in [2.75, 3.05) is 38.0 Å². The summed E-state index contributed by atoms with van der Waals surface area (Å²) >= 11 is 0. The zero-order valence-corrected chi connectivity index (χ0v) is 29.4. The molecule has 4 aromatic carbocycles. The molecule has 2 fully saturated rings. The van der Waals surface area contributed by atoms with Crippen molar-refractivity contribution in [3.8, 4) is 11.1 Å². The van der Waals surface area contributed by atoms with Crippen molar-refractivity contribution in [3.05, 3.63) is 126 Å². The van der Waals surface area contributed by atoms with Crippen LogP contribution in [0.25, 0.3) is 11.1 Å². The Morgan fingerprint density at radius 1 is 0.714 bits per heavy atom. The molecule has 0 saturated carbocycles. The van der Waals surface area contributed by atoms with E-state index < -0.39 is 5.60 Å². The molecule has 2 heterocycles. The molecular formula is C44H55N3O2. The Balaban J connectivity index is 0.858. The number of carbonyl (C=O) groups is 1. The molecule has 0 radical (unpaired) electrons. The van der Waals surface area contributed by atoms with Crippen LogP contribution in [0.2, 0.25) is 0 Å². The minimum Gasteiger partial charge on any atom is -0.443 e. The Hall–Kier alpha value is -3.93.